The molecule has 2 amide bonds. The number of aromatic nitrogens is 1. The first-order valence-corrected chi connectivity index (χ1v) is 4.48. The van der Waals surface area contributed by atoms with E-state index in [2.05, 4.69) is 15.6 Å². The molecule has 5 nitrogen and oxygen atoms in total. The Bertz CT molecular complexity index is 341. The molecule has 2 N–H and O–H groups in total. The molecule has 0 aliphatic rings. The number of carbonyl (C=O) groups excluding carboxylic acids is 1. The van der Waals surface area contributed by atoms with Gasteiger partial charge in [-0.25, -0.2) is 9.78 Å². The molecule has 0 radical (unpaired) electrons. The standard InChI is InChI=1S/C7H8N4OS/c1-2-9-6(12)11-7-10-4-5(3-8)13-7/h4H,2H2,1H3,(H2,9,10,11,12). The summed E-state index contributed by atoms with van der Waals surface area (Å²) in [5.74, 6) is 0. The van der Waals surface area contributed by atoms with E-state index in [9.17, 15) is 4.79 Å². The fourth-order valence-corrected chi connectivity index (χ4v) is 1.29. The van der Waals surface area contributed by atoms with Gasteiger partial charge in [0.15, 0.2) is 5.13 Å². The number of hydrogen-bond acceptors (Lipinski definition) is 4. The molecule has 0 aromatic carbocycles. The Morgan fingerprint density at radius 3 is 3.15 bits per heavy atom. The van der Waals surface area contributed by atoms with Crippen LogP contribution in [0.3, 0.4) is 0 Å². The first-order valence-electron chi connectivity index (χ1n) is 3.67. The van der Waals surface area contributed by atoms with E-state index in [4.69, 9.17) is 5.26 Å². The topological polar surface area (TPSA) is 77.8 Å². The second kappa shape index (κ2) is 4.42. The lowest BCUT2D eigenvalue weighted by molar-refractivity contribution is 0.252. The Labute approximate surface area is 79.4 Å². The van der Waals surface area contributed by atoms with Gasteiger partial charge in [0.25, 0.3) is 0 Å². The Balaban J connectivity index is 2.55. The van der Waals surface area contributed by atoms with Crippen LogP contribution in [0.4, 0.5) is 9.93 Å². The first-order chi connectivity index (χ1) is 6.26. The summed E-state index contributed by atoms with van der Waals surface area (Å²) >= 11 is 1.14. The molecule has 0 bridgehead atoms. The smallest absolute Gasteiger partial charge is 0.321 e. The molecular formula is C7H8N4OS. The lowest BCUT2D eigenvalue weighted by Crippen LogP contribution is -2.28. The molecule has 1 aromatic rings. The number of amides is 2. The maximum atomic E-state index is 11.0. The number of anilines is 1. The number of rotatable bonds is 2. The van der Waals surface area contributed by atoms with Crippen LogP contribution in [0.15, 0.2) is 6.20 Å². The van der Waals surface area contributed by atoms with Gasteiger partial charge in [-0.15, -0.1) is 0 Å². The summed E-state index contributed by atoms with van der Waals surface area (Å²) in [4.78, 5) is 15.3. The first kappa shape index (κ1) is 9.48. The van der Waals surface area contributed by atoms with Crippen LogP contribution in [0, 0.1) is 11.3 Å². The SMILES string of the molecule is CCNC(=O)Nc1ncc(C#N)s1. The molecule has 6 heteroatoms. The van der Waals surface area contributed by atoms with E-state index in [0.717, 1.165) is 11.3 Å². The fraction of sp³-hybridized carbons (Fsp3) is 0.286. The minimum Gasteiger partial charge on any atom is -0.338 e. The molecule has 0 unspecified atom stereocenters. The number of urea groups is 1. The number of nitriles is 1. The molecule has 1 heterocycles. The maximum Gasteiger partial charge on any atom is 0.321 e. The predicted octanol–water partition coefficient (Wildman–Crippen LogP) is 1.16. The van der Waals surface area contributed by atoms with Gasteiger partial charge >= 0.3 is 6.03 Å². The largest absolute Gasteiger partial charge is 0.338 e. The average Bonchev–Trinajstić information content (AvgIpc) is 2.52. The van der Waals surface area contributed by atoms with Gasteiger partial charge in [0.05, 0.1) is 6.20 Å². The second-order valence-corrected chi connectivity index (χ2v) is 3.16. The van der Waals surface area contributed by atoms with Crippen LogP contribution < -0.4 is 10.6 Å². The van der Waals surface area contributed by atoms with Crippen LogP contribution in [-0.2, 0) is 0 Å². The molecule has 0 spiro atoms. The van der Waals surface area contributed by atoms with Crippen molar-refractivity contribution >= 4 is 22.5 Å². The zero-order valence-corrected chi connectivity index (χ0v) is 7.81. The summed E-state index contributed by atoms with van der Waals surface area (Å²) in [5, 5.41) is 14.0. The summed E-state index contributed by atoms with van der Waals surface area (Å²) in [7, 11) is 0. The zero-order valence-electron chi connectivity index (χ0n) is 7.00. The second-order valence-electron chi connectivity index (χ2n) is 2.13. The third-order valence-electron chi connectivity index (χ3n) is 1.17. The maximum absolute atomic E-state index is 11.0. The van der Waals surface area contributed by atoms with E-state index >= 15 is 0 Å². The average molecular weight is 196 g/mol. The van der Waals surface area contributed by atoms with Gasteiger partial charge in [0.1, 0.15) is 10.9 Å². The Morgan fingerprint density at radius 2 is 2.62 bits per heavy atom. The lowest BCUT2D eigenvalue weighted by Gasteiger charge is -2.00. The van der Waals surface area contributed by atoms with Crippen LogP contribution in [0.25, 0.3) is 0 Å². The summed E-state index contributed by atoms with van der Waals surface area (Å²) in [6, 6.07) is 1.63. The van der Waals surface area contributed by atoms with Crippen molar-refractivity contribution in [3.05, 3.63) is 11.1 Å². The van der Waals surface area contributed by atoms with Crippen molar-refractivity contribution in [2.24, 2.45) is 0 Å². The highest BCUT2D eigenvalue weighted by atomic mass is 32.1. The van der Waals surface area contributed by atoms with Crippen molar-refractivity contribution in [1.82, 2.24) is 10.3 Å². The minimum absolute atomic E-state index is 0.304. The molecule has 1 aromatic heterocycles. The molecular weight excluding hydrogens is 188 g/mol. The minimum atomic E-state index is -0.304. The Kier molecular flexibility index (Phi) is 3.23. The van der Waals surface area contributed by atoms with Crippen LogP contribution in [0.2, 0.25) is 0 Å². The van der Waals surface area contributed by atoms with Crippen molar-refractivity contribution in [3.63, 3.8) is 0 Å². The van der Waals surface area contributed by atoms with E-state index < -0.39 is 0 Å². The quantitative estimate of drug-likeness (QED) is 0.744. The van der Waals surface area contributed by atoms with E-state index in [-0.39, 0.29) is 6.03 Å². The van der Waals surface area contributed by atoms with E-state index in [1.807, 2.05) is 13.0 Å². The van der Waals surface area contributed by atoms with Crippen LogP contribution in [0.1, 0.15) is 11.8 Å². The molecule has 0 aliphatic carbocycles. The molecule has 0 fully saturated rings. The zero-order chi connectivity index (χ0) is 9.68. The van der Waals surface area contributed by atoms with Crippen LogP contribution in [-0.4, -0.2) is 17.6 Å². The van der Waals surface area contributed by atoms with E-state index in [1.54, 1.807) is 0 Å². The summed E-state index contributed by atoms with van der Waals surface area (Å²) in [6.07, 6.45) is 1.42. The van der Waals surface area contributed by atoms with Crippen molar-refractivity contribution in [3.8, 4) is 6.07 Å². The highest BCUT2D eigenvalue weighted by Crippen LogP contribution is 2.16. The molecule has 68 valence electrons. The van der Waals surface area contributed by atoms with Crippen LogP contribution >= 0.6 is 11.3 Å². The Hall–Kier alpha value is -1.61. The van der Waals surface area contributed by atoms with E-state index in [0.29, 0.717) is 16.6 Å². The molecule has 0 aliphatic heterocycles. The number of nitrogens with one attached hydrogen (secondary N) is 2. The Morgan fingerprint density at radius 1 is 1.85 bits per heavy atom. The third-order valence-corrected chi connectivity index (χ3v) is 1.99. The monoisotopic (exact) mass is 196 g/mol. The fourth-order valence-electron chi connectivity index (χ4n) is 0.685. The van der Waals surface area contributed by atoms with Crippen LogP contribution in [0.5, 0.6) is 0 Å². The van der Waals surface area contributed by atoms with Gasteiger partial charge in [-0.1, -0.05) is 11.3 Å². The van der Waals surface area contributed by atoms with Crippen molar-refractivity contribution < 1.29 is 4.79 Å². The lowest BCUT2D eigenvalue weighted by atomic mass is 10.6. The molecule has 13 heavy (non-hydrogen) atoms. The normalized spacial score (nSPS) is 8.92. The van der Waals surface area contributed by atoms with Gasteiger partial charge in [0.2, 0.25) is 0 Å². The summed E-state index contributed by atoms with van der Waals surface area (Å²) < 4.78 is 0. The third kappa shape index (κ3) is 2.72. The highest BCUT2D eigenvalue weighted by Gasteiger charge is 2.03. The van der Waals surface area contributed by atoms with Gasteiger partial charge in [-0.3, -0.25) is 5.32 Å². The van der Waals surface area contributed by atoms with Crippen molar-refractivity contribution in [1.29, 1.82) is 5.26 Å². The number of nitrogens with zero attached hydrogens (tertiary/aromatic N) is 2. The van der Waals surface area contributed by atoms with Crippen molar-refractivity contribution in [2.45, 2.75) is 6.92 Å². The van der Waals surface area contributed by atoms with Gasteiger partial charge in [-0.05, 0) is 6.92 Å². The molecule has 1 rings (SSSR count). The summed E-state index contributed by atoms with van der Waals surface area (Å²) in [5.41, 5.74) is 0. The highest BCUT2D eigenvalue weighted by molar-refractivity contribution is 7.16. The van der Waals surface area contributed by atoms with E-state index in [1.165, 1.54) is 6.20 Å². The summed E-state index contributed by atoms with van der Waals surface area (Å²) in [6.45, 7) is 2.38. The van der Waals surface area contributed by atoms with Gasteiger partial charge in [-0.2, -0.15) is 5.26 Å². The van der Waals surface area contributed by atoms with Gasteiger partial charge < -0.3 is 5.32 Å². The van der Waals surface area contributed by atoms with Crippen molar-refractivity contribution in [2.75, 3.05) is 11.9 Å². The van der Waals surface area contributed by atoms with Gasteiger partial charge in [0, 0.05) is 6.54 Å². The molecule has 0 atom stereocenters. The predicted molar refractivity (Wildman–Crippen MR) is 49.5 cm³/mol. The molecule has 0 saturated carbocycles. The number of thiazole rings is 1. The number of hydrogen-bond donors (Lipinski definition) is 2. The molecule has 0 saturated heterocycles. The number of carbonyl (C=O) groups is 1.